The van der Waals surface area contributed by atoms with Crippen molar-refractivity contribution in [3.8, 4) is 0 Å². The number of unbranched alkanes of at least 4 members (excludes halogenated alkanes) is 10. The second-order valence-corrected chi connectivity index (χ2v) is 8.66. The number of carbonyl (C=O) groups excluding carboxylic acids is 1. The fourth-order valence-electron chi connectivity index (χ4n) is 3.00. The van der Waals surface area contributed by atoms with Crippen molar-refractivity contribution in [2.45, 2.75) is 108 Å². The summed E-state index contributed by atoms with van der Waals surface area (Å²) in [4.78, 5) is 21.5. The first-order valence-corrected chi connectivity index (χ1v) is 11.9. The standard InChI is InChI=1S/C22H41NO3S/c1-2-3-4-5-6-7-8-9-10-11-12-13-15-20(16-14-17-22(25)26)27-19-18-21(23)24/h13,15,20H,2-12,14,16-19H2,1H3,(H2,23,24)(H,25,26)/b15-13-. The molecule has 0 spiro atoms. The Kier molecular flexibility index (Phi) is 19.1. The lowest BCUT2D eigenvalue weighted by atomic mass is 10.1. The number of hydrogen-bond donors (Lipinski definition) is 2. The van der Waals surface area contributed by atoms with E-state index < -0.39 is 5.97 Å². The van der Waals surface area contributed by atoms with Crippen LogP contribution >= 0.6 is 11.8 Å². The number of amides is 1. The van der Waals surface area contributed by atoms with Crippen molar-refractivity contribution in [2.24, 2.45) is 5.73 Å². The number of carboxylic acid groups (broad SMARTS) is 1. The zero-order valence-electron chi connectivity index (χ0n) is 17.3. The van der Waals surface area contributed by atoms with E-state index in [9.17, 15) is 9.59 Å². The quantitative estimate of drug-likeness (QED) is 0.192. The van der Waals surface area contributed by atoms with Gasteiger partial charge in [-0.25, -0.2) is 0 Å². The maximum Gasteiger partial charge on any atom is 0.303 e. The third-order valence-corrected chi connectivity index (χ3v) is 5.90. The fourth-order valence-corrected chi connectivity index (χ4v) is 4.18. The molecule has 0 aromatic carbocycles. The smallest absolute Gasteiger partial charge is 0.303 e. The molecular formula is C22H41NO3S. The van der Waals surface area contributed by atoms with Crippen LogP contribution in [0.25, 0.3) is 0 Å². The number of carboxylic acids is 1. The van der Waals surface area contributed by atoms with Gasteiger partial charge in [0.2, 0.25) is 5.91 Å². The summed E-state index contributed by atoms with van der Waals surface area (Å²) in [5, 5.41) is 9.06. The van der Waals surface area contributed by atoms with Crippen LogP contribution in [0.1, 0.15) is 103 Å². The van der Waals surface area contributed by atoms with Gasteiger partial charge in [-0.3, -0.25) is 9.59 Å². The van der Waals surface area contributed by atoms with Gasteiger partial charge in [-0.2, -0.15) is 11.8 Å². The summed E-state index contributed by atoms with van der Waals surface area (Å²) in [6, 6.07) is 0. The van der Waals surface area contributed by atoms with Crippen molar-refractivity contribution in [2.75, 3.05) is 5.75 Å². The molecule has 0 heterocycles. The van der Waals surface area contributed by atoms with E-state index in [0.717, 1.165) is 12.8 Å². The van der Waals surface area contributed by atoms with Crippen LogP contribution in [0.4, 0.5) is 0 Å². The number of hydrogen-bond acceptors (Lipinski definition) is 3. The molecule has 4 nitrogen and oxygen atoms in total. The molecule has 0 saturated heterocycles. The van der Waals surface area contributed by atoms with E-state index >= 15 is 0 Å². The minimum atomic E-state index is -0.745. The minimum absolute atomic E-state index is 0.208. The topological polar surface area (TPSA) is 80.4 Å². The molecule has 0 aliphatic rings. The van der Waals surface area contributed by atoms with Crippen molar-refractivity contribution >= 4 is 23.6 Å². The largest absolute Gasteiger partial charge is 0.481 e. The predicted octanol–water partition coefficient (Wildman–Crippen LogP) is 6.09. The Morgan fingerprint density at radius 3 is 2.07 bits per heavy atom. The molecule has 0 fully saturated rings. The summed E-state index contributed by atoms with van der Waals surface area (Å²) >= 11 is 1.70. The number of rotatable bonds is 20. The average molecular weight is 400 g/mol. The Bertz CT molecular complexity index is 379. The van der Waals surface area contributed by atoms with Crippen LogP contribution < -0.4 is 5.73 Å². The SMILES string of the molecule is CCCCCCCCCCCC/C=C\C(CCCC(=O)O)SCCC(N)=O. The molecule has 0 radical (unpaired) electrons. The highest BCUT2D eigenvalue weighted by atomic mass is 32.2. The number of nitrogens with two attached hydrogens (primary N) is 1. The van der Waals surface area contributed by atoms with Crippen molar-refractivity contribution in [3.63, 3.8) is 0 Å². The van der Waals surface area contributed by atoms with E-state index in [1.54, 1.807) is 11.8 Å². The monoisotopic (exact) mass is 399 g/mol. The van der Waals surface area contributed by atoms with Gasteiger partial charge >= 0.3 is 5.97 Å². The van der Waals surface area contributed by atoms with E-state index in [2.05, 4.69) is 19.1 Å². The fraction of sp³-hybridized carbons (Fsp3) is 0.818. The molecular weight excluding hydrogens is 358 g/mol. The van der Waals surface area contributed by atoms with Gasteiger partial charge in [0.25, 0.3) is 0 Å². The molecule has 5 heteroatoms. The highest BCUT2D eigenvalue weighted by Crippen LogP contribution is 2.20. The van der Waals surface area contributed by atoms with Crippen molar-refractivity contribution in [1.29, 1.82) is 0 Å². The van der Waals surface area contributed by atoms with Crippen LogP contribution in [-0.2, 0) is 9.59 Å². The van der Waals surface area contributed by atoms with Gasteiger partial charge < -0.3 is 10.8 Å². The lowest BCUT2D eigenvalue weighted by Gasteiger charge is -2.11. The summed E-state index contributed by atoms with van der Waals surface area (Å²) in [5.41, 5.74) is 5.19. The van der Waals surface area contributed by atoms with Gasteiger partial charge in [0.15, 0.2) is 0 Å². The van der Waals surface area contributed by atoms with Crippen molar-refractivity contribution < 1.29 is 14.7 Å². The molecule has 158 valence electrons. The third-order valence-electron chi connectivity index (χ3n) is 4.63. The summed E-state index contributed by atoms with van der Waals surface area (Å²) in [5.74, 6) is -0.318. The zero-order chi connectivity index (χ0) is 20.2. The maximum absolute atomic E-state index is 10.9. The Morgan fingerprint density at radius 2 is 1.52 bits per heavy atom. The molecule has 0 aromatic heterocycles. The van der Waals surface area contributed by atoms with E-state index in [4.69, 9.17) is 10.8 Å². The van der Waals surface area contributed by atoms with Gasteiger partial charge in [-0.05, 0) is 25.7 Å². The van der Waals surface area contributed by atoms with E-state index in [1.807, 2.05) is 0 Å². The third kappa shape index (κ3) is 21.2. The lowest BCUT2D eigenvalue weighted by Crippen LogP contribution is -2.12. The van der Waals surface area contributed by atoms with Crippen LogP contribution in [0, 0.1) is 0 Å². The number of carbonyl (C=O) groups is 2. The molecule has 0 saturated carbocycles. The van der Waals surface area contributed by atoms with Gasteiger partial charge in [0.05, 0.1) is 0 Å². The molecule has 0 bridgehead atoms. The predicted molar refractivity (Wildman–Crippen MR) is 117 cm³/mol. The van der Waals surface area contributed by atoms with Crippen molar-refractivity contribution in [1.82, 2.24) is 0 Å². The summed E-state index contributed by atoms with van der Waals surface area (Å²) < 4.78 is 0. The Morgan fingerprint density at radius 1 is 0.926 bits per heavy atom. The Labute approximate surface area is 170 Å². The van der Waals surface area contributed by atoms with Crippen LogP contribution in [0.3, 0.4) is 0 Å². The lowest BCUT2D eigenvalue weighted by molar-refractivity contribution is -0.137. The molecule has 3 N–H and O–H groups in total. The molecule has 0 aromatic rings. The molecule has 0 aliphatic heterocycles. The highest BCUT2D eigenvalue weighted by molar-refractivity contribution is 8.00. The molecule has 0 aliphatic carbocycles. The minimum Gasteiger partial charge on any atom is -0.481 e. The first kappa shape index (κ1) is 26.0. The molecule has 1 unspecified atom stereocenters. The van der Waals surface area contributed by atoms with Crippen molar-refractivity contribution in [3.05, 3.63) is 12.2 Å². The number of aliphatic carboxylic acids is 1. The second kappa shape index (κ2) is 19.8. The van der Waals surface area contributed by atoms with Gasteiger partial charge in [0.1, 0.15) is 0 Å². The number of thioether (sulfide) groups is 1. The van der Waals surface area contributed by atoms with E-state index in [1.165, 1.54) is 64.2 Å². The van der Waals surface area contributed by atoms with Crippen LogP contribution in [0.2, 0.25) is 0 Å². The normalized spacial score (nSPS) is 12.5. The van der Waals surface area contributed by atoms with Crippen LogP contribution in [0.15, 0.2) is 12.2 Å². The van der Waals surface area contributed by atoms with Crippen LogP contribution in [0.5, 0.6) is 0 Å². The summed E-state index contributed by atoms with van der Waals surface area (Å²) in [6.07, 6.45) is 21.1. The second-order valence-electron chi connectivity index (χ2n) is 7.31. The van der Waals surface area contributed by atoms with Crippen LogP contribution in [-0.4, -0.2) is 28.0 Å². The highest BCUT2D eigenvalue weighted by Gasteiger charge is 2.08. The Balaban J connectivity index is 3.77. The molecule has 1 atom stereocenters. The van der Waals surface area contributed by atoms with Gasteiger partial charge in [0, 0.05) is 23.8 Å². The number of allylic oxidation sites excluding steroid dienone is 1. The maximum atomic E-state index is 10.9. The van der Waals surface area contributed by atoms with E-state index in [0.29, 0.717) is 18.6 Å². The van der Waals surface area contributed by atoms with E-state index in [-0.39, 0.29) is 17.6 Å². The van der Waals surface area contributed by atoms with Gasteiger partial charge in [-0.1, -0.05) is 76.9 Å². The zero-order valence-corrected chi connectivity index (χ0v) is 18.1. The molecule has 27 heavy (non-hydrogen) atoms. The average Bonchev–Trinajstić information content (AvgIpc) is 2.61. The number of primary amides is 1. The Hall–Kier alpha value is -0.970. The summed E-state index contributed by atoms with van der Waals surface area (Å²) in [7, 11) is 0. The first-order valence-electron chi connectivity index (χ1n) is 10.8. The first-order chi connectivity index (χ1) is 13.1. The molecule has 0 rings (SSSR count). The molecule has 1 amide bonds. The van der Waals surface area contributed by atoms with Gasteiger partial charge in [-0.15, -0.1) is 0 Å². The summed E-state index contributed by atoms with van der Waals surface area (Å²) in [6.45, 7) is 2.26.